The molecule has 0 aliphatic carbocycles. The zero-order valence-electron chi connectivity index (χ0n) is 19.8. The van der Waals surface area contributed by atoms with Crippen molar-refractivity contribution >= 4 is 23.1 Å². The number of fused-ring (bicyclic) bond motifs is 1. The van der Waals surface area contributed by atoms with Gasteiger partial charge in [0.15, 0.2) is 5.78 Å². The van der Waals surface area contributed by atoms with Gasteiger partial charge >= 0.3 is 0 Å². The fourth-order valence-corrected chi connectivity index (χ4v) is 4.03. The van der Waals surface area contributed by atoms with Crippen molar-refractivity contribution in [1.29, 1.82) is 0 Å². The molecule has 0 saturated carbocycles. The molecule has 3 aromatic carbocycles. The molecule has 0 saturated heterocycles. The molecule has 1 amide bonds. The number of rotatable bonds is 6. The predicted octanol–water partition coefficient (Wildman–Crippen LogP) is 5.10. The Kier molecular flexibility index (Phi) is 6.41. The van der Waals surface area contributed by atoms with Gasteiger partial charge in [0, 0.05) is 39.7 Å². The van der Waals surface area contributed by atoms with E-state index in [1.165, 1.54) is 0 Å². The third kappa shape index (κ3) is 5.12. The highest BCUT2D eigenvalue weighted by molar-refractivity contribution is 6.10. The highest BCUT2D eigenvalue weighted by atomic mass is 16.5. The molecule has 0 fully saturated rings. The number of nitrogens with one attached hydrogen (secondary N) is 2. The minimum absolute atomic E-state index is 0.143. The van der Waals surface area contributed by atoms with Crippen molar-refractivity contribution in [3.05, 3.63) is 95.1 Å². The number of ketones is 1. The number of benzene rings is 3. The summed E-state index contributed by atoms with van der Waals surface area (Å²) in [5.41, 5.74) is 4.33. The Morgan fingerprint density at radius 1 is 0.882 bits per heavy atom. The Balaban J connectivity index is 1.53. The SMILES string of the molecule is COc1ccc(NC(=O)c2ccc(C(=O)C=C3NC(C)(C)Cc4ccc(OC)cc43)cc2)cc1. The Morgan fingerprint density at radius 3 is 2.15 bits per heavy atom. The van der Waals surface area contributed by atoms with E-state index in [1.807, 2.05) is 18.2 Å². The van der Waals surface area contributed by atoms with Gasteiger partial charge in [-0.1, -0.05) is 18.2 Å². The van der Waals surface area contributed by atoms with Crippen molar-refractivity contribution in [2.24, 2.45) is 0 Å². The van der Waals surface area contributed by atoms with Crippen LogP contribution in [0.1, 0.15) is 45.7 Å². The molecule has 0 radical (unpaired) electrons. The fourth-order valence-electron chi connectivity index (χ4n) is 4.03. The van der Waals surface area contributed by atoms with Crippen molar-refractivity contribution in [3.8, 4) is 11.5 Å². The zero-order valence-corrected chi connectivity index (χ0v) is 19.8. The van der Waals surface area contributed by atoms with Gasteiger partial charge in [0.25, 0.3) is 5.91 Å². The number of hydrogen-bond acceptors (Lipinski definition) is 5. The van der Waals surface area contributed by atoms with Crippen LogP contribution in [0.5, 0.6) is 11.5 Å². The molecule has 174 valence electrons. The van der Waals surface area contributed by atoms with Crippen LogP contribution in [0.15, 0.2) is 72.8 Å². The van der Waals surface area contributed by atoms with Gasteiger partial charge in [-0.2, -0.15) is 0 Å². The van der Waals surface area contributed by atoms with Crippen LogP contribution in [0.4, 0.5) is 5.69 Å². The Morgan fingerprint density at radius 2 is 1.50 bits per heavy atom. The van der Waals surface area contributed by atoms with E-state index in [4.69, 9.17) is 9.47 Å². The lowest BCUT2D eigenvalue weighted by Crippen LogP contribution is -2.43. The number of hydrogen-bond donors (Lipinski definition) is 2. The molecule has 0 spiro atoms. The topological polar surface area (TPSA) is 76.7 Å². The summed E-state index contributed by atoms with van der Waals surface area (Å²) in [6.07, 6.45) is 2.46. The van der Waals surface area contributed by atoms with Gasteiger partial charge in [-0.3, -0.25) is 9.59 Å². The van der Waals surface area contributed by atoms with Crippen LogP contribution < -0.4 is 20.1 Å². The van der Waals surface area contributed by atoms with Crippen molar-refractivity contribution in [1.82, 2.24) is 5.32 Å². The van der Waals surface area contributed by atoms with Crippen LogP contribution in [0.2, 0.25) is 0 Å². The number of anilines is 1. The molecular formula is C28H28N2O4. The van der Waals surface area contributed by atoms with Crippen molar-refractivity contribution in [2.45, 2.75) is 25.8 Å². The first-order chi connectivity index (χ1) is 16.3. The number of methoxy groups -OCH3 is 2. The lowest BCUT2D eigenvalue weighted by atomic mass is 9.85. The molecule has 0 atom stereocenters. The summed E-state index contributed by atoms with van der Waals surface area (Å²) in [6, 6.07) is 19.7. The van der Waals surface area contributed by atoms with E-state index in [-0.39, 0.29) is 17.2 Å². The monoisotopic (exact) mass is 456 g/mol. The molecule has 6 nitrogen and oxygen atoms in total. The highest BCUT2D eigenvalue weighted by Gasteiger charge is 2.28. The Labute approximate surface area is 199 Å². The van der Waals surface area contributed by atoms with E-state index in [2.05, 4.69) is 24.5 Å². The van der Waals surface area contributed by atoms with Gasteiger partial charge < -0.3 is 20.1 Å². The van der Waals surface area contributed by atoms with Gasteiger partial charge in [-0.25, -0.2) is 0 Å². The summed E-state index contributed by atoms with van der Waals surface area (Å²) in [6.45, 7) is 4.21. The van der Waals surface area contributed by atoms with Crippen LogP contribution in [0, 0.1) is 0 Å². The standard InChI is InChI=1S/C28H28N2O4/c1-28(2)17-20-9-12-23(34-4)15-24(20)25(30-28)16-26(31)18-5-7-19(8-6-18)27(32)29-21-10-13-22(33-3)14-11-21/h5-16,30H,17H2,1-4H3,(H,29,32). The number of carbonyl (C=O) groups is 2. The lowest BCUT2D eigenvalue weighted by Gasteiger charge is -2.35. The first-order valence-electron chi connectivity index (χ1n) is 11.0. The van der Waals surface area contributed by atoms with E-state index < -0.39 is 0 Å². The third-order valence-corrected chi connectivity index (χ3v) is 5.77. The molecule has 1 aliphatic heterocycles. The highest BCUT2D eigenvalue weighted by Crippen LogP contribution is 2.32. The molecule has 2 N–H and O–H groups in total. The Bertz CT molecular complexity index is 1240. The van der Waals surface area contributed by atoms with E-state index >= 15 is 0 Å². The van der Waals surface area contributed by atoms with Crippen LogP contribution in [0.3, 0.4) is 0 Å². The summed E-state index contributed by atoms with van der Waals surface area (Å²) < 4.78 is 10.5. The van der Waals surface area contributed by atoms with E-state index in [0.717, 1.165) is 29.0 Å². The lowest BCUT2D eigenvalue weighted by molar-refractivity contribution is 0.102. The van der Waals surface area contributed by atoms with E-state index in [0.29, 0.717) is 22.6 Å². The molecule has 3 aromatic rings. The third-order valence-electron chi connectivity index (χ3n) is 5.77. The van der Waals surface area contributed by atoms with Crippen LogP contribution in [0.25, 0.3) is 5.70 Å². The molecule has 34 heavy (non-hydrogen) atoms. The predicted molar refractivity (Wildman–Crippen MR) is 134 cm³/mol. The molecule has 0 aromatic heterocycles. The first kappa shape index (κ1) is 23.1. The van der Waals surface area contributed by atoms with E-state index in [9.17, 15) is 9.59 Å². The first-order valence-corrected chi connectivity index (χ1v) is 11.0. The average Bonchev–Trinajstić information content (AvgIpc) is 2.83. The summed E-state index contributed by atoms with van der Waals surface area (Å²) in [4.78, 5) is 25.6. The van der Waals surface area contributed by atoms with Crippen molar-refractivity contribution in [3.63, 3.8) is 0 Å². The average molecular weight is 457 g/mol. The van der Waals surface area contributed by atoms with Crippen LogP contribution in [-0.4, -0.2) is 31.4 Å². The molecule has 1 aliphatic rings. The van der Waals surface area contributed by atoms with Gasteiger partial charge in [0.1, 0.15) is 11.5 Å². The van der Waals surface area contributed by atoms with Crippen molar-refractivity contribution in [2.75, 3.05) is 19.5 Å². The van der Waals surface area contributed by atoms with Gasteiger partial charge in [-0.15, -0.1) is 0 Å². The van der Waals surface area contributed by atoms with Gasteiger partial charge in [0.05, 0.1) is 14.2 Å². The maximum atomic E-state index is 13.1. The number of ether oxygens (including phenoxy) is 2. The second-order valence-corrected chi connectivity index (χ2v) is 8.89. The maximum absolute atomic E-state index is 13.1. The summed E-state index contributed by atoms with van der Waals surface area (Å²) in [7, 11) is 3.22. The van der Waals surface area contributed by atoms with Gasteiger partial charge in [0.2, 0.25) is 0 Å². The van der Waals surface area contributed by atoms with Crippen LogP contribution >= 0.6 is 0 Å². The van der Waals surface area contributed by atoms with Gasteiger partial charge in [-0.05, 0) is 74.4 Å². The zero-order chi connectivity index (χ0) is 24.3. The van der Waals surface area contributed by atoms with E-state index in [1.54, 1.807) is 68.8 Å². The Hall–Kier alpha value is -4.06. The molecule has 1 heterocycles. The second kappa shape index (κ2) is 9.43. The summed E-state index contributed by atoms with van der Waals surface area (Å²) in [5.74, 6) is 1.06. The molecule has 4 rings (SSSR count). The normalized spacial score (nSPS) is 15.1. The number of carbonyl (C=O) groups excluding carboxylic acids is 2. The van der Waals surface area contributed by atoms with Crippen molar-refractivity contribution < 1.29 is 19.1 Å². The molecule has 6 heteroatoms. The summed E-state index contributed by atoms with van der Waals surface area (Å²) >= 11 is 0. The fraction of sp³-hybridized carbons (Fsp3) is 0.214. The smallest absolute Gasteiger partial charge is 0.255 e. The largest absolute Gasteiger partial charge is 0.497 e. The summed E-state index contributed by atoms with van der Waals surface area (Å²) in [5, 5.41) is 6.32. The van der Waals surface area contributed by atoms with Crippen LogP contribution in [-0.2, 0) is 6.42 Å². The molecular weight excluding hydrogens is 428 g/mol. The second-order valence-electron chi connectivity index (χ2n) is 8.89. The number of allylic oxidation sites excluding steroid dienone is 1. The molecule has 0 bridgehead atoms. The maximum Gasteiger partial charge on any atom is 0.255 e. The number of amides is 1. The molecule has 0 unspecified atom stereocenters. The quantitative estimate of drug-likeness (QED) is 0.398. The minimum Gasteiger partial charge on any atom is -0.497 e. The minimum atomic E-state index is -0.251.